The minimum absolute atomic E-state index is 0.261. The molecule has 1 heterocycles. The number of rotatable bonds is 3. The van der Waals surface area contributed by atoms with Gasteiger partial charge in [-0.25, -0.2) is 4.98 Å². The zero-order chi connectivity index (χ0) is 14.9. The summed E-state index contributed by atoms with van der Waals surface area (Å²) < 4.78 is 0.901. The van der Waals surface area contributed by atoms with Crippen LogP contribution >= 0.6 is 15.9 Å². The predicted octanol–water partition coefficient (Wildman–Crippen LogP) is 5.25. The lowest BCUT2D eigenvalue weighted by Gasteiger charge is -2.19. The van der Waals surface area contributed by atoms with Gasteiger partial charge in [-0.2, -0.15) is 0 Å². The quantitative estimate of drug-likeness (QED) is 0.776. The Balaban J connectivity index is 2.25. The molecule has 0 saturated heterocycles. The van der Waals surface area contributed by atoms with E-state index >= 15 is 0 Å². The second-order valence-electron chi connectivity index (χ2n) is 5.49. The first kappa shape index (κ1) is 15.0. The fourth-order valence-electron chi connectivity index (χ4n) is 2.41. The van der Waals surface area contributed by atoms with E-state index in [2.05, 4.69) is 72.1 Å². The molecule has 2 aromatic rings. The topological polar surface area (TPSA) is 24.9 Å². The molecule has 0 bridgehead atoms. The van der Waals surface area contributed by atoms with Crippen molar-refractivity contribution in [1.82, 2.24) is 4.98 Å². The molecule has 1 aromatic carbocycles. The third-order valence-corrected chi connectivity index (χ3v) is 4.58. The van der Waals surface area contributed by atoms with Crippen molar-refractivity contribution in [1.29, 1.82) is 0 Å². The zero-order valence-corrected chi connectivity index (χ0v) is 14.3. The largest absolute Gasteiger partial charge is 0.377 e. The van der Waals surface area contributed by atoms with E-state index in [-0.39, 0.29) is 6.04 Å². The molecule has 1 atom stereocenters. The molecule has 106 valence electrons. The van der Waals surface area contributed by atoms with Crippen LogP contribution in [0.4, 0.5) is 5.69 Å². The van der Waals surface area contributed by atoms with Gasteiger partial charge in [0.05, 0.1) is 11.9 Å². The number of nitrogens with zero attached hydrogens (tertiary/aromatic N) is 1. The summed E-state index contributed by atoms with van der Waals surface area (Å²) in [5.41, 5.74) is 7.54. The smallest absolute Gasteiger partial charge is 0.109 e. The summed E-state index contributed by atoms with van der Waals surface area (Å²) in [5, 5.41) is 3.53. The average molecular weight is 333 g/mol. The van der Waals surface area contributed by atoms with Crippen LogP contribution in [0.2, 0.25) is 0 Å². The molecule has 0 amide bonds. The number of hydrogen-bond donors (Lipinski definition) is 1. The number of anilines is 1. The van der Waals surface area contributed by atoms with Gasteiger partial charge in [0.2, 0.25) is 0 Å². The standard InChI is InChI=1S/C17H21BrN2/c1-10-6-12(3)16(8-11(10)2)14(5)20-15-7-13(4)17(18)19-9-15/h6-9,14,20H,1-5H3. The normalized spacial score (nSPS) is 12.3. The van der Waals surface area contributed by atoms with E-state index in [4.69, 9.17) is 0 Å². The number of benzene rings is 1. The number of aryl methyl sites for hydroxylation is 4. The van der Waals surface area contributed by atoms with Crippen LogP contribution in [0.25, 0.3) is 0 Å². The Morgan fingerprint density at radius 1 is 0.950 bits per heavy atom. The van der Waals surface area contributed by atoms with E-state index in [0.717, 1.165) is 15.9 Å². The van der Waals surface area contributed by atoms with E-state index in [1.54, 1.807) is 0 Å². The maximum atomic E-state index is 4.33. The Morgan fingerprint density at radius 2 is 1.60 bits per heavy atom. The van der Waals surface area contributed by atoms with Crippen LogP contribution in [0, 0.1) is 27.7 Å². The van der Waals surface area contributed by atoms with E-state index in [1.165, 1.54) is 22.3 Å². The van der Waals surface area contributed by atoms with Crippen molar-refractivity contribution >= 4 is 21.6 Å². The van der Waals surface area contributed by atoms with Crippen LogP contribution < -0.4 is 5.32 Å². The fraction of sp³-hybridized carbons (Fsp3) is 0.353. The lowest BCUT2D eigenvalue weighted by Crippen LogP contribution is -2.09. The zero-order valence-electron chi connectivity index (χ0n) is 12.7. The number of nitrogens with one attached hydrogen (secondary N) is 1. The van der Waals surface area contributed by atoms with Gasteiger partial charge in [0.15, 0.2) is 0 Å². The van der Waals surface area contributed by atoms with Crippen molar-refractivity contribution in [3.8, 4) is 0 Å². The van der Waals surface area contributed by atoms with Crippen LogP contribution in [0.1, 0.15) is 40.8 Å². The molecule has 0 aliphatic heterocycles. The van der Waals surface area contributed by atoms with E-state index in [9.17, 15) is 0 Å². The second-order valence-corrected chi connectivity index (χ2v) is 6.24. The van der Waals surface area contributed by atoms with Gasteiger partial charge in [-0.15, -0.1) is 0 Å². The summed E-state index contributed by atoms with van der Waals surface area (Å²) in [4.78, 5) is 4.33. The third-order valence-electron chi connectivity index (χ3n) is 3.75. The summed E-state index contributed by atoms with van der Waals surface area (Å²) in [5.74, 6) is 0. The van der Waals surface area contributed by atoms with Crippen molar-refractivity contribution in [2.75, 3.05) is 5.32 Å². The SMILES string of the molecule is Cc1cc(C)c(C(C)Nc2cnc(Br)c(C)c2)cc1C. The summed E-state index contributed by atoms with van der Waals surface area (Å²) in [6, 6.07) is 6.91. The molecule has 2 nitrogen and oxygen atoms in total. The molecule has 0 saturated carbocycles. The van der Waals surface area contributed by atoms with Crippen molar-refractivity contribution in [3.63, 3.8) is 0 Å². The Kier molecular flexibility index (Phi) is 4.48. The first-order chi connectivity index (χ1) is 9.38. The number of aromatic nitrogens is 1. The molecule has 1 aromatic heterocycles. The molecule has 2 rings (SSSR count). The minimum Gasteiger partial charge on any atom is -0.377 e. The van der Waals surface area contributed by atoms with E-state index < -0.39 is 0 Å². The summed E-state index contributed by atoms with van der Waals surface area (Å²) in [6.45, 7) is 10.7. The molecule has 0 radical (unpaired) electrons. The van der Waals surface area contributed by atoms with E-state index in [0.29, 0.717) is 0 Å². The Morgan fingerprint density at radius 3 is 2.25 bits per heavy atom. The third kappa shape index (κ3) is 3.21. The molecule has 0 aliphatic carbocycles. The molecule has 20 heavy (non-hydrogen) atoms. The molecule has 3 heteroatoms. The predicted molar refractivity (Wildman–Crippen MR) is 89.4 cm³/mol. The lowest BCUT2D eigenvalue weighted by molar-refractivity contribution is 0.868. The molecule has 0 fully saturated rings. The first-order valence-corrected chi connectivity index (χ1v) is 7.64. The van der Waals surface area contributed by atoms with Crippen LogP contribution in [0.3, 0.4) is 0 Å². The van der Waals surface area contributed by atoms with Crippen LogP contribution in [0.5, 0.6) is 0 Å². The van der Waals surface area contributed by atoms with Gasteiger partial charge in [-0.3, -0.25) is 0 Å². The van der Waals surface area contributed by atoms with Crippen LogP contribution in [0.15, 0.2) is 29.0 Å². The van der Waals surface area contributed by atoms with Gasteiger partial charge in [-0.1, -0.05) is 12.1 Å². The van der Waals surface area contributed by atoms with Gasteiger partial charge in [-0.05, 0) is 84.4 Å². The monoisotopic (exact) mass is 332 g/mol. The van der Waals surface area contributed by atoms with Gasteiger partial charge >= 0.3 is 0 Å². The molecule has 1 unspecified atom stereocenters. The second kappa shape index (κ2) is 5.96. The van der Waals surface area contributed by atoms with Gasteiger partial charge in [0, 0.05) is 6.04 Å². The first-order valence-electron chi connectivity index (χ1n) is 6.85. The van der Waals surface area contributed by atoms with E-state index in [1.807, 2.05) is 13.1 Å². The van der Waals surface area contributed by atoms with Gasteiger partial charge in [0.1, 0.15) is 4.60 Å². The highest BCUT2D eigenvalue weighted by Gasteiger charge is 2.10. The number of halogens is 1. The van der Waals surface area contributed by atoms with Crippen molar-refractivity contribution in [2.24, 2.45) is 0 Å². The fourth-order valence-corrected chi connectivity index (χ4v) is 2.63. The number of hydrogen-bond acceptors (Lipinski definition) is 2. The Hall–Kier alpha value is -1.35. The molecule has 0 aliphatic rings. The summed E-state index contributed by atoms with van der Waals surface area (Å²) >= 11 is 3.43. The maximum absolute atomic E-state index is 4.33. The van der Waals surface area contributed by atoms with Crippen LogP contribution in [-0.2, 0) is 0 Å². The number of pyridine rings is 1. The average Bonchev–Trinajstić information content (AvgIpc) is 2.38. The highest BCUT2D eigenvalue weighted by molar-refractivity contribution is 9.10. The summed E-state index contributed by atoms with van der Waals surface area (Å²) in [7, 11) is 0. The maximum Gasteiger partial charge on any atom is 0.109 e. The minimum atomic E-state index is 0.261. The van der Waals surface area contributed by atoms with Crippen molar-refractivity contribution in [2.45, 2.75) is 40.7 Å². The molecular weight excluding hydrogens is 312 g/mol. The molecular formula is C17H21BrN2. The van der Waals surface area contributed by atoms with Gasteiger partial charge in [0.25, 0.3) is 0 Å². The lowest BCUT2D eigenvalue weighted by atomic mass is 9.96. The molecule has 0 spiro atoms. The van der Waals surface area contributed by atoms with Crippen molar-refractivity contribution in [3.05, 3.63) is 56.8 Å². The highest BCUT2D eigenvalue weighted by Crippen LogP contribution is 2.26. The highest BCUT2D eigenvalue weighted by atomic mass is 79.9. The van der Waals surface area contributed by atoms with Crippen LogP contribution in [-0.4, -0.2) is 4.98 Å². The van der Waals surface area contributed by atoms with Gasteiger partial charge < -0.3 is 5.32 Å². The Bertz CT molecular complexity index is 635. The Labute approximate surface area is 129 Å². The van der Waals surface area contributed by atoms with Crippen molar-refractivity contribution < 1.29 is 0 Å². The molecule has 1 N–H and O–H groups in total. The summed E-state index contributed by atoms with van der Waals surface area (Å²) in [6.07, 6.45) is 1.87.